The maximum absolute atomic E-state index is 12.2. The van der Waals surface area contributed by atoms with Gasteiger partial charge in [0.25, 0.3) is 0 Å². The molecule has 18 heavy (non-hydrogen) atoms. The smallest absolute Gasteiger partial charge is 0.216 e. The quantitative estimate of drug-likeness (QED) is 0.807. The van der Waals surface area contributed by atoms with E-state index in [1.807, 2.05) is 31.2 Å². The molecule has 0 radical (unpaired) electrons. The fraction of sp³-hybridized carbons (Fsp3) is 0.562. The van der Waals surface area contributed by atoms with E-state index < -0.39 is 0 Å². The summed E-state index contributed by atoms with van der Waals surface area (Å²) in [5, 5.41) is 0. The number of carbonyl (C=O) groups excluding carboxylic acids is 1. The molecule has 1 aromatic rings. The molecule has 2 rings (SSSR count). The number of hydrogen-bond donors (Lipinski definition) is 1. The summed E-state index contributed by atoms with van der Waals surface area (Å²) in [7, 11) is 2.17. The summed E-state index contributed by atoms with van der Waals surface area (Å²) in [6.45, 7) is 2.68. The van der Waals surface area contributed by atoms with Crippen LogP contribution in [0.5, 0.6) is 0 Å². The monoisotopic (exact) mass is 246 g/mol. The number of Topliss-reactive ketones (excluding diaryl/α,β-unsaturated/α-hetero) is 1. The minimum Gasteiger partial charge on any atom is -0.328 e. The Morgan fingerprint density at radius 2 is 1.78 bits per heavy atom. The van der Waals surface area contributed by atoms with E-state index in [0.29, 0.717) is 12.6 Å². The zero-order valence-corrected chi connectivity index (χ0v) is 11.5. The molecule has 1 saturated carbocycles. The third-order valence-electron chi connectivity index (χ3n) is 4.12. The molecule has 2 nitrogen and oxygen atoms in total. The van der Waals surface area contributed by atoms with E-state index in [-0.39, 0.29) is 5.78 Å². The summed E-state index contributed by atoms with van der Waals surface area (Å²) in [6, 6.07) is 8.62. The van der Waals surface area contributed by atoms with Crippen LogP contribution in [0, 0.1) is 6.92 Å². The highest BCUT2D eigenvalue weighted by atomic mass is 16.1. The molecule has 1 unspecified atom stereocenters. The van der Waals surface area contributed by atoms with Gasteiger partial charge in [0.1, 0.15) is 6.54 Å². The largest absolute Gasteiger partial charge is 0.328 e. The van der Waals surface area contributed by atoms with Gasteiger partial charge in [0.05, 0.1) is 13.1 Å². The molecule has 2 heteroatoms. The van der Waals surface area contributed by atoms with E-state index >= 15 is 0 Å². The van der Waals surface area contributed by atoms with Crippen LogP contribution in [0.4, 0.5) is 0 Å². The Balaban J connectivity index is 1.91. The van der Waals surface area contributed by atoms with Crippen LogP contribution >= 0.6 is 0 Å². The molecular formula is C16H24NO+. The molecule has 0 amide bonds. The molecule has 0 spiro atoms. The van der Waals surface area contributed by atoms with Crippen LogP contribution in [0.2, 0.25) is 0 Å². The molecule has 0 aromatic heterocycles. The number of ketones is 1. The van der Waals surface area contributed by atoms with Gasteiger partial charge in [-0.2, -0.15) is 0 Å². The highest BCUT2D eigenvalue weighted by molar-refractivity contribution is 5.96. The number of aryl methyl sites for hydroxylation is 1. The van der Waals surface area contributed by atoms with Gasteiger partial charge in [-0.25, -0.2) is 0 Å². The van der Waals surface area contributed by atoms with Gasteiger partial charge < -0.3 is 4.90 Å². The normalized spacial score (nSPS) is 18.6. The molecule has 0 aliphatic heterocycles. The van der Waals surface area contributed by atoms with Crippen LogP contribution in [-0.4, -0.2) is 25.4 Å². The Morgan fingerprint density at radius 3 is 2.39 bits per heavy atom. The molecule has 1 aliphatic rings. The number of benzene rings is 1. The van der Waals surface area contributed by atoms with Crippen LogP contribution in [0.15, 0.2) is 24.3 Å². The van der Waals surface area contributed by atoms with Gasteiger partial charge in [0.2, 0.25) is 5.78 Å². The van der Waals surface area contributed by atoms with E-state index in [2.05, 4.69) is 7.05 Å². The van der Waals surface area contributed by atoms with Crippen molar-refractivity contribution in [3.05, 3.63) is 35.4 Å². The summed E-state index contributed by atoms with van der Waals surface area (Å²) in [5.41, 5.74) is 2.07. The Bertz CT molecular complexity index is 390. The highest BCUT2D eigenvalue weighted by Crippen LogP contribution is 2.15. The maximum Gasteiger partial charge on any atom is 0.216 e. The zero-order valence-electron chi connectivity index (χ0n) is 11.5. The lowest BCUT2D eigenvalue weighted by Gasteiger charge is -2.27. The number of rotatable bonds is 4. The first-order chi connectivity index (χ1) is 8.66. The van der Waals surface area contributed by atoms with Crippen molar-refractivity contribution < 1.29 is 9.69 Å². The Hall–Kier alpha value is -1.15. The van der Waals surface area contributed by atoms with E-state index in [4.69, 9.17) is 0 Å². The first-order valence-electron chi connectivity index (χ1n) is 7.09. The second-order valence-electron chi connectivity index (χ2n) is 5.65. The predicted molar refractivity (Wildman–Crippen MR) is 74.1 cm³/mol. The summed E-state index contributed by atoms with van der Waals surface area (Å²) in [5.74, 6) is 0.276. The standard InChI is InChI=1S/C16H23NO/c1-13-8-10-14(11-9-13)16(18)12-17(2)15-6-4-3-5-7-15/h8-11,15H,3-7,12H2,1-2H3/p+1. The fourth-order valence-electron chi connectivity index (χ4n) is 2.83. The van der Waals surface area contributed by atoms with Crippen molar-refractivity contribution in [2.75, 3.05) is 13.6 Å². The van der Waals surface area contributed by atoms with Crippen molar-refractivity contribution >= 4 is 5.78 Å². The Morgan fingerprint density at radius 1 is 1.17 bits per heavy atom. The fourth-order valence-corrected chi connectivity index (χ4v) is 2.83. The zero-order chi connectivity index (χ0) is 13.0. The molecule has 1 N–H and O–H groups in total. The Labute approximate surface area is 110 Å². The lowest BCUT2D eigenvalue weighted by Crippen LogP contribution is -3.14. The number of hydrogen-bond acceptors (Lipinski definition) is 1. The second kappa shape index (κ2) is 6.14. The first-order valence-corrected chi connectivity index (χ1v) is 7.09. The molecule has 0 heterocycles. The van der Waals surface area contributed by atoms with Gasteiger partial charge >= 0.3 is 0 Å². The summed E-state index contributed by atoms with van der Waals surface area (Å²) < 4.78 is 0. The van der Waals surface area contributed by atoms with Crippen molar-refractivity contribution in [1.29, 1.82) is 0 Å². The average Bonchev–Trinajstić information content (AvgIpc) is 2.40. The van der Waals surface area contributed by atoms with Gasteiger partial charge in [-0.05, 0) is 32.6 Å². The van der Waals surface area contributed by atoms with Crippen LogP contribution in [-0.2, 0) is 0 Å². The summed E-state index contributed by atoms with van der Waals surface area (Å²) >= 11 is 0. The summed E-state index contributed by atoms with van der Waals surface area (Å²) in [6.07, 6.45) is 6.61. The molecule has 1 aromatic carbocycles. The van der Waals surface area contributed by atoms with Crippen molar-refractivity contribution in [3.63, 3.8) is 0 Å². The predicted octanol–water partition coefficient (Wildman–Crippen LogP) is 2.03. The minimum atomic E-state index is 0.276. The SMILES string of the molecule is Cc1ccc(C(=O)C[NH+](C)C2CCCCC2)cc1. The molecular weight excluding hydrogens is 222 g/mol. The molecule has 1 aliphatic carbocycles. The first kappa shape index (κ1) is 13.3. The van der Waals surface area contributed by atoms with E-state index in [1.165, 1.54) is 42.6 Å². The topological polar surface area (TPSA) is 21.5 Å². The van der Waals surface area contributed by atoms with Crippen LogP contribution in [0.3, 0.4) is 0 Å². The summed E-state index contributed by atoms with van der Waals surface area (Å²) in [4.78, 5) is 13.6. The lowest BCUT2D eigenvalue weighted by molar-refractivity contribution is -0.898. The van der Waals surface area contributed by atoms with E-state index in [1.54, 1.807) is 0 Å². The van der Waals surface area contributed by atoms with Crippen LogP contribution in [0.1, 0.15) is 48.0 Å². The van der Waals surface area contributed by atoms with E-state index in [0.717, 1.165) is 5.56 Å². The molecule has 0 bridgehead atoms. The van der Waals surface area contributed by atoms with Gasteiger partial charge in [0, 0.05) is 5.56 Å². The number of nitrogens with one attached hydrogen (secondary N) is 1. The molecule has 0 saturated heterocycles. The van der Waals surface area contributed by atoms with Crippen LogP contribution < -0.4 is 4.90 Å². The van der Waals surface area contributed by atoms with Crippen molar-refractivity contribution in [3.8, 4) is 0 Å². The second-order valence-corrected chi connectivity index (χ2v) is 5.65. The number of quaternary nitrogens is 1. The third-order valence-corrected chi connectivity index (χ3v) is 4.12. The van der Waals surface area contributed by atoms with Gasteiger partial charge in [-0.15, -0.1) is 0 Å². The third kappa shape index (κ3) is 3.42. The number of likely N-dealkylation sites (N-methyl/N-ethyl adjacent to an activating group) is 1. The highest BCUT2D eigenvalue weighted by Gasteiger charge is 2.23. The molecule has 98 valence electrons. The van der Waals surface area contributed by atoms with Crippen LogP contribution in [0.25, 0.3) is 0 Å². The van der Waals surface area contributed by atoms with E-state index in [9.17, 15) is 4.79 Å². The van der Waals surface area contributed by atoms with Gasteiger partial charge in [-0.3, -0.25) is 4.79 Å². The Kier molecular flexibility index (Phi) is 4.54. The van der Waals surface area contributed by atoms with Gasteiger partial charge in [0.15, 0.2) is 0 Å². The van der Waals surface area contributed by atoms with Gasteiger partial charge in [-0.1, -0.05) is 36.2 Å². The lowest BCUT2D eigenvalue weighted by atomic mass is 9.94. The maximum atomic E-state index is 12.2. The van der Waals surface area contributed by atoms with Crippen molar-refractivity contribution in [2.24, 2.45) is 0 Å². The number of carbonyl (C=O) groups is 1. The average molecular weight is 246 g/mol. The van der Waals surface area contributed by atoms with Crippen molar-refractivity contribution in [1.82, 2.24) is 0 Å². The van der Waals surface area contributed by atoms with Crippen molar-refractivity contribution in [2.45, 2.75) is 45.1 Å². The molecule has 1 fully saturated rings. The minimum absolute atomic E-state index is 0.276. The molecule has 1 atom stereocenters.